The van der Waals surface area contributed by atoms with E-state index in [0.717, 1.165) is 16.0 Å². The first-order valence-electron chi connectivity index (χ1n) is 10.6. The number of carbonyl (C=O) groups is 1. The molecule has 1 fully saturated rings. The third-order valence-corrected chi connectivity index (χ3v) is 9.11. The lowest BCUT2D eigenvalue weighted by molar-refractivity contribution is 0.0457. The smallest absolute Gasteiger partial charge is 0.407 e. The van der Waals surface area contributed by atoms with Gasteiger partial charge in [-0.05, 0) is 54.7 Å². The number of rotatable bonds is 4. The molecule has 0 aromatic heterocycles. The maximum absolute atomic E-state index is 13.8. The summed E-state index contributed by atoms with van der Waals surface area (Å²) in [5, 5.41) is 19.0. The van der Waals surface area contributed by atoms with E-state index in [9.17, 15) is 23.6 Å². The third-order valence-electron chi connectivity index (χ3n) is 5.84. The lowest BCUT2D eigenvalue weighted by Gasteiger charge is -2.45. The molecule has 1 amide bonds. The minimum absolute atomic E-state index is 0.0580. The van der Waals surface area contributed by atoms with Crippen molar-refractivity contribution in [3.05, 3.63) is 53.1 Å². The summed E-state index contributed by atoms with van der Waals surface area (Å²) in [5.41, 5.74) is 1.91. The SMILES string of the molecule is Cc1ccc(C)c(Sc2ccc(C#N)cc2S(=O)(=O)N2CCN(C(=O)O)C(C(C)(C)C)C2)c1. The number of nitrogens with zero attached hydrogens (tertiary/aromatic N) is 3. The second-order valence-corrected chi connectivity index (χ2v) is 12.4. The van der Waals surface area contributed by atoms with Crippen LogP contribution in [0, 0.1) is 30.6 Å². The second kappa shape index (κ2) is 9.37. The molecule has 1 saturated heterocycles. The van der Waals surface area contributed by atoms with Crippen molar-refractivity contribution in [1.82, 2.24) is 9.21 Å². The molecule has 0 saturated carbocycles. The molecule has 0 spiro atoms. The van der Waals surface area contributed by atoms with Crippen molar-refractivity contribution < 1.29 is 18.3 Å². The first-order chi connectivity index (χ1) is 15.3. The van der Waals surface area contributed by atoms with E-state index in [0.29, 0.717) is 4.90 Å². The van der Waals surface area contributed by atoms with Crippen LogP contribution < -0.4 is 0 Å². The average molecular weight is 488 g/mol. The van der Waals surface area contributed by atoms with Gasteiger partial charge in [-0.3, -0.25) is 0 Å². The lowest BCUT2D eigenvalue weighted by atomic mass is 9.85. The standard InChI is InChI=1S/C24H29N3O4S2/c1-16-6-7-17(2)20(12-16)32-19-9-8-18(14-25)13-21(19)33(30,31)26-10-11-27(23(28)29)22(15-26)24(3,4)5/h6-9,12-13,22H,10-11,15H2,1-5H3,(H,28,29). The fraction of sp³-hybridized carbons (Fsp3) is 0.417. The van der Waals surface area contributed by atoms with Crippen LogP contribution in [-0.2, 0) is 10.0 Å². The fourth-order valence-electron chi connectivity index (χ4n) is 3.88. The van der Waals surface area contributed by atoms with E-state index < -0.39 is 27.6 Å². The third kappa shape index (κ3) is 5.35. The lowest BCUT2D eigenvalue weighted by Crippen LogP contribution is -2.60. The van der Waals surface area contributed by atoms with Gasteiger partial charge in [0.15, 0.2) is 0 Å². The number of hydrogen-bond donors (Lipinski definition) is 1. The van der Waals surface area contributed by atoms with Crippen LogP contribution in [0.4, 0.5) is 4.79 Å². The van der Waals surface area contributed by atoms with Gasteiger partial charge in [-0.25, -0.2) is 13.2 Å². The van der Waals surface area contributed by atoms with E-state index in [2.05, 4.69) is 0 Å². The summed E-state index contributed by atoms with van der Waals surface area (Å²) in [6, 6.07) is 12.3. The van der Waals surface area contributed by atoms with E-state index in [1.807, 2.05) is 58.9 Å². The Morgan fingerprint density at radius 2 is 1.82 bits per heavy atom. The van der Waals surface area contributed by atoms with Crippen LogP contribution in [0.3, 0.4) is 0 Å². The topological polar surface area (TPSA) is 102 Å². The molecule has 0 aliphatic carbocycles. The molecular weight excluding hydrogens is 458 g/mol. The molecule has 2 aromatic rings. The van der Waals surface area contributed by atoms with Gasteiger partial charge in [0.05, 0.1) is 22.6 Å². The second-order valence-electron chi connectivity index (χ2n) is 9.37. The largest absolute Gasteiger partial charge is 0.465 e. The predicted molar refractivity (Wildman–Crippen MR) is 128 cm³/mol. The van der Waals surface area contributed by atoms with Crippen LogP contribution in [0.25, 0.3) is 0 Å². The van der Waals surface area contributed by atoms with Crippen molar-refractivity contribution in [3.63, 3.8) is 0 Å². The maximum atomic E-state index is 13.8. The van der Waals surface area contributed by atoms with Crippen molar-refractivity contribution in [2.24, 2.45) is 5.41 Å². The molecule has 176 valence electrons. The molecule has 3 rings (SSSR count). The summed E-state index contributed by atoms with van der Waals surface area (Å²) in [6.07, 6.45) is -1.05. The molecule has 1 N–H and O–H groups in total. The maximum Gasteiger partial charge on any atom is 0.407 e. The van der Waals surface area contributed by atoms with Gasteiger partial charge in [-0.2, -0.15) is 9.57 Å². The van der Waals surface area contributed by atoms with Crippen molar-refractivity contribution in [2.75, 3.05) is 19.6 Å². The van der Waals surface area contributed by atoms with Crippen LogP contribution in [0.15, 0.2) is 51.1 Å². The molecular formula is C24H29N3O4S2. The highest BCUT2D eigenvalue weighted by atomic mass is 32.2. The van der Waals surface area contributed by atoms with E-state index in [-0.39, 0.29) is 30.1 Å². The highest BCUT2D eigenvalue weighted by molar-refractivity contribution is 8.00. The highest BCUT2D eigenvalue weighted by Gasteiger charge is 2.42. The number of piperazine rings is 1. The molecule has 9 heteroatoms. The highest BCUT2D eigenvalue weighted by Crippen LogP contribution is 2.38. The Hall–Kier alpha value is -2.54. The zero-order valence-corrected chi connectivity index (χ0v) is 21.1. The predicted octanol–water partition coefficient (Wildman–Crippen LogP) is 4.73. The van der Waals surface area contributed by atoms with Gasteiger partial charge < -0.3 is 10.0 Å². The number of nitriles is 1. The van der Waals surface area contributed by atoms with Crippen molar-refractivity contribution in [2.45, 2.75) is 55.3 Å². The minimum atomic E-state index is -3.97. The Kier molecular flexibility index (Phi) is 7.13. The Morgan fingerprint density at radius 3 is 2.42 bits per heavy atom. The molecule has 0 bridgehead atoms. The normalized spacial score (nSPS) is 17.6. The zero-order chi connectivity index (χ0) is 24.6. The van der Waals surface area contributed by atoms with Gasteiger partial charge in [0.1, 0.15) is 0 Å². The summed E-state index contributed by atoms with van der Waals surface area (Å²) in [4.78, 5) is 14.6. The summed E-state index contributed by atoms with van der Waals surface area (Å²) in [5.74, 6) is 0. The number of carboxylic acid groups (broad SMARTS) is 1. The molecule has 1 aliphatic rings. The zero-order valence-electron chi connectivity index (χ0n) is 19.5. The van der Waals surface area contributed by atoms with Crippen LogP contribution in [0.2, 0.25) is 0 Å². The molecule has 2 aromatic carbocycles. The molecule has 1 unspecified atom stereocenters. The monoisotopic (exact) mass is 487 g/mol. The molecule has 7 nitrogen and oxygen atoms in total. The first kappa shape index (κ1) is 25.1. The van der Waals surface area contributed by atoms with Gasteiger partial charge in [0, 0.05) is 29.4 Å². The summed E-state index contributed by atoms with van der Waals surface area (Å²) >= 11 is 1.36. The summed E-state index contributed by atoms with van der Waals surface area (Å²) in [6.45, 7) is 9.88. The average Bonchev–Trinajstić information content (AvgIpc) is 2.75. The first-order valence-corrected chi connectivity index (χ1v) is 12.9. The van der Waals surface area contributed by atoms with Gasteiger partial charge >= 0.3 is 6.09 Å². The van der Waals surface area contributed by atoms with E-state index in [4.69, 9.17) is 0 Å². The molecule has 33 heavy (non-hydrogen) atoms. The number of benzene rings is 2. The van der Waals surface area contributed by atoms with Crippen molar-refractivity contribution in [1.29, 1.82) is 5.26 Å². The van der Waals surface area contributed by atoms with E-state index in [1.54, 1.807) is 12.1 Å². The van der Waals surface area contributed by atoms with Gasteiger partial charge in [-0.15, -0.1) is 0 Å². The quantitative estimate of drug-likeness (QED) is 0.669. The van der Waals surface area contributed by atoms with Crippen LogP contribution >= 0.6 is 11.8 Å². The van der Waals surface area contributed by atoms with E-state index in [1.165, 1.54) is 27.0 Å². The molecule has 1 aliphatic heterocycles. The van der Waals surface area contributed by atoms with Crippen LogP contribution in [-0.4, -0.2) is 54.5 Å². The Balaban J connectivity index is 2.04. The molecule has 1 heterocycles. The van der Waals surface area contributed by atoms with Crippen LogP contribution in [0.1, 0.15) is 37.5 Å². The molecule has 1 atom stereocenters. The van der Waals surface area contributed by atoms with Crippen LogP contribution in [0.5, 0.6) is 0 Å². The number of amides is 1. The van der Waals surface area contributed by atoms with E-state index >= 15 is 0 Å². The minimum Gasteiger partial charge on any atom is -0.465 e. The number of aryl methyl sites for hydroxylation is 2. The Bertz CT molecular complexity index is 1210. The Morgan fingerprint density at radius 1 is 1.12 bits per heavy atom. The number of sulfonamides is 1. The van der Waals surface area contributed by atoms with Gasteiger partial charge in [-0.1, -0.05) is 44.7 Å². The Labute approximate surface area is 200 Å². The van der Waals surface area contributed by atoms with Gasteiger partial charge in [0.2, 0.25) is 10.0 Å². The number of hydrogen-bond acceptors (Lipinski definition) is 5. The summed E-state index contributed by atoms with van der Waals surface area (Å²) < 4.78 is 29.0. The fourth-order valence-corrected chi connectivity index (χ4v) is 6.87. The van der Waals surface area contributed by atoms with Crippen molar-refractivity contribution in [3.8, 4) is 6.07 Å². The van der Waals surface area contributed by atoms with Gasteiger partial charge in [0.25, 0.3) is 0 Å². The summed E-state index contributed by atoms with van der Waals surface area (Å²) in [7, 11) is -3.97. The molecule has 0 radical (unpaired) electrons. The van der Waals surface area contributed by atoms with Crippen molar-refractivity contribution >= 4 is 27.9 Å².